The molecule has 21 heavy (non-hydrogen) atoms. The number of hydrogen-bond acceptors (Lipinski definition) is 3. The summed E-state index contributed by atoms with van der Waals surface area (Å²) in [6.07, 6.45) is 7.47. The predicted molar refractivity (Wildman–Crippen MR) is 82.2 cm³/mol. The predicted octanol–water partition coefficient (Wildman–Crippen LogP) is 2.77. The highest BCUT2D eigenvalue weighted by atomic mass is 15.3. The molecule has 0 saturated heterocycles. The molecule has 5 heteroatoms. The van der Waals surface area contributed by atoms with Crippen LogP contribution in [0.2, 0.25) is 0 Å². The Morgan fingerprint density at radius 2 is 1.95 bits per heavy atom. The summed E-state index contributed by atoms with van der Waals surface area (Å²) in [4.78, 5) is 4.14. The number of imidazole rings is 1. The summed E-state index contributed by atoms with van der Waals surface area (Å²) in [6.45, 7) is 0. The van der Waals surface area contributed by atoms with E-state index in [0.717, 1.165) is 28.3 Å². The van der Waals surface area contributed by atoms with Gasteiger partial charge >= 0.3 is 0 Å². The lowest BCUT2D eigenvalue weighted by Gasteiger charge is -2.03. The van der Waals surface area contributed by atoms with E-state index < -0.39 is 0 Å². The van der Waals surface area contributed by atoms with Crippen LogP contribution in [0.5, 0.6) is 0 Å². The SMILES string of the molecule is Nc1cccc(-n2ccn3nc(-c4cccnc4)cc23)c1. The van der Waals surface area contributed by atoms with Crippen molar-refractivity contribution >= 4 is 11.3 Å². The largest absolute Gasteiger partial charge is 0.399 e. The lowest BCUT2D eigenvalue weighted by Crippen LogP contribution is -1.93. The van der Waals surface area contributed by atoms with Crippen molar-refractivity contribution in [3.05, 3.63) is 67.3 Å². The normalized spacial score (nSPS) is 11.0. The minimum Gasteiger partial charge on any atom is -0.399 e. The zero-order valence-corrected chi connectivity index (χ0v) is 11.2. The minimum atomic E-state index is 0.742. The van der Waals surface area contributed by atoms with Crippen LogP contribution >= 0.6 is 0 Å². The maximum Gasteiger partial charge on any atom is 0.140 e. The second-order valence-electron chi connectivity index (χ2n) is 4.84. The van der Waals surface area contributed by atoms with E-state index >= 15 is 0 Å². The van der Waals surface area contributed by atoms with Crippen molar-refractivity contribution in [3.8, 4) is 16.9 Å². The van der Waals surface area contributed by atoms with Crippen LogP contribution in [0.15, 0.2) is 67.3 Å². The molecule has 0 unspecified atom stereocenters. The van der Waals surface area contributed by atoms with E-state index in [-0.39, 0.29) is 0 Å². The first-order valence-corrected chi connectivity index (χ1v) is 6.64. The molecule has 4 rings (SSSR count). The van der Waals surface area contributed by atoms with E-state index in [0.29, 0.717) is 0 Å². The Kier molecular flexibility index (Phi) is 2.50. The lowest BCUT2D eigenvalue weighted by atomic mass is 10.2. The Morgan fingerprint density at radius 1 is 1.00 bits per heavy atom. The fourth-order valence-corrected chi connectivity index (χ4v) is 2.43. The van der Waals surface area contributed by atoms with Crippen molar-refractivity contribution in [3.63, 3.8) is 0 Å². The molecule has 0 aliphatic rings. The molecule has 0 aliphatic heterocycles. The highest BCUT2D eigenvalue weighted by Gasteiger charge is 2.09. The van der Waals surface area contributed by atoms with Crippen molar-refractivity contribution in [2.45, 2.75) is 0 Å². The first-order chi connectivity index (χ1) is 10.3. The van der Waals surface area contributed by atoms with Gasteiger partial charge in [0, 0.05) is 47.8 Å². The van der Waals surface area contributed by atoms with Gasteiger partial charge < -0.3 is 10.3 Å². The molecule has 0 spiro atoms. The molecule has 0 amide bonds. The van der Waals surface area contributed by atoms with Gasteiger partial charge in [-0.1, -0.05) is 6.07 Å². The number of nitrogen functional groups attached to an aromatic ring is 1. The van der Waals surface area contributed by atoms with E-state index in [4.69, 9.17) is 5.73 Å². The molecule has 0 fully saturated rings. The van der Waals surface area contributed by atoms with Crippen molar-refractivity contribution in [2.24, 2.45) is 0 Å². The van der Waals surface area contributed by atoms with Gasteiger partial charge in [0.15, 0.2) is 0 Å². The van der Waals surface area contributed by atoms with Crippen molar-refractivity contribution in [1.29, 1.82) is 0 Å². The highest BCUT2D eigenvalue weighted by molar-refractivity contribution is 5.65. The summed E-state index contributed by atoms with van der Waals surface area (Å²) >= 11 is 0. The summed E-state index contributed by atoms with van der Waals surface area (Å²) < 4.78 is 3.91. The fraction of sp³-hybridized carbons (Fsp3) is 0. The van der Waals surface area contributed by atoms with Crippen LogP contribution in [0.4, 0.5) is 5.69 Å². The number of pyridine rings is 1. The number of rotatable bonds is 2. The van der Waals surface area contributed by atoms with E-state index in [1.165, 1.54) is 0 Å². The standard InChI is InChI=1S/C16H13N5/c17-13-4-1-5-14(9-13)20-7-8-21-16(20)10-15(19-21)12-3-2-6-18-11-12/h1-11H,17H2. The topological polar surface area (TPSA) is 61.1 Å². The molecule has 0 atom stereocenters. The van der Waals surface area contributed by atoms with Gasteiger partial charge in [0.2, 0.25) is 0 Å². The summed E-state index contributed by atoms with van der Waals surface area (Å²) in [5, 5.41) is 4.58. The monoisotopic (exact) mass is 275 g/mol. The molecule has 102 valence electrons. The third kappa shape index (κ3) is 1.95. The van der Waals surface area contributed by atoms with Crippen LogP contribution in [-0.2, 0) is 0 Å². The lowest BCUT2D eigenvalue weighted by molar-refractivity contribution is 0.969. The third-order valence-corrected chi connectivity index (χ3v) is 3.43. The molecule has 1 aromatic carbocycles. The maximum absolute atomic E-state index is 5.86. The number of anilines is 1. The zero-order chi connectivity index (χ0) is 14.2. The van der Waals surface area contributed by atoms with Gasteiger partial charge in [-0.3, -0.25) is 4.98 Å². The second kappa shape index (κ2) is 4.49. The average molecular weight is 275 g/mol. The second-order valence-corrected chi connectivity index (χ2v) is 4.84. The number of nitrogens with zero attached hydrogens (tertiary/aromatic N) is 4. The van der Waals surface area contributed by atoms with Crippen molar-refractivity contribution in [1.82, 2.24) is 19.2 Å². The number of nitrogens with two attached hydrogens (primary N) is 1. The quantitative estimate of drug-likeness (QED) is 0.572. The van der Waals surface area contributed by atoms with Gasteiger partial charge in [0.25, 0.3) is 0 Å². The van der Waals surface area contributed by atoms with Gasteiger partial charge in [-0.05, 0) is 30.3 Å². The Bertz CT molecular complexity index is 905. The number of aromatic nitrogens is 4. The average Bonchev–Trinajstić information content (AvgIpc) is 3.08. The Labute approximate surface area is 121 Å². The molecule has 4 aromatic rings. The summed E-state index contributed by atoms with van der Waals surface area (Å²) in [5.74, 6) is 0. The minimum absolute atomic E-state index is 0.742. The molecular formula is C16H13N5. The number of fused-ring (bicyclic) bond motifs is 1. The van der Waals surface area contributed by atoms with Gasteiger partial charge in [0.1, 0.15) is 5.65 Å². The fourth-order valence-electron chi connectivity index (χ4n) is 2.43. The molecule has 0 aliphatic carbocycles. The van der Waals surface area contributed by atoms with E-state index in [1.807, 2.05) is 65.6 Å². The van der Waals surface area contributed by atoms with E-state index in [1.54, 1.807) is 6.20 Å². The molecule has 3 aromatic heterocycles. The molecule has 0 saturated carbocycles. The smallest absolute Gasteiger partial charge is 0.140 e. The third-order valence-electron chi connectivity index (χ3n) is 3.43. The van der Waals surface area contributed by atoms with E-state index in [2.05, 4.69) is 14.6 Å². The molecule has 3 heterocycles. The highest BCUT2D eigenvalue weighted by Crippen LogP contribution is 2.22. The molecule has 2 N–H and O–H groups in total. The Balaban J connectivity index is 1.87. The maximum atomic E-state index is 5.86. The summed E-state index contributed by atoms with van der Waals surface area (Å²) in [7, 11) is 0. The first kappa shape index (κ1) is 11.7. The van der Waals surface area contributed by atoms with Gasteiger partial charge in [0.05, 0.1) is 5.69 Å². The molecular weight excluding hydrogens is 262 g/mol. The van der Waals surface area contributed by atoms with Crippen molar-refractivity contribution < 1.29 is 0 Å². The van der Waals surface area contributed by atoms with Crippen LogP contribution < -0.4 is 5.73 Å². The summed E-state index contributed by atoms with van der Waals surface area (Å²) in [5.41, 5.74) is 10.5. The number of hydrogen-bond donors (Lipinski definition) is 1. The Morgan fingerprint density at radius 3 is 2.76 bits per heavy atom. The Hall–Kier alpha value is -3.08. The molecule has 0 radical (unpaired) electrons. The summed E-state index contributed by atoms with van der Waals surface area (Å²) in [6, 6.07) is 13.7. The first-order valence-electron chi connectivity index (χ1n) is 6.64. The van der Waals surface area contributed by atoms with Gasteiger partial charge in [-0.15, -0.1) is 0 Å². The van der Waals surface area contributed by atoms with Crippen LogP contribution in [0.25, 0.3) is 22.6 Å². The zero-order valence-electron chi connectivity index (χ0n) is 11.2. The van der Waals surface area contributed by atoms with Crippen LogP contribution in [-0.4, -0.2) is 19.2 Å². The molecule has 0 bridgehead atoms. The van der Waals surface area contributed by atoms with Gasteiger partial charge in [-0.25, -0.2) is 4.52 Å². The van der Waals surface area contributed by atoms with Crippen LogP contribution in [0, 0.1) is 0 Å². The molecule has 5 nitrogen and oxygen atoms in total. The van der Waals surface area contributed by atoms with E-state index in [9.17, 15) is 0 Å². The number of benzene rings is 1. The van der Waals surface area contributed by atoms with Crippen molar-refractivity contribution in [2.75, 3.05) is 5.73 Å². The van der Waals surface area contributed by atoms with Gasteiger partial charge in [-0.2, -0.15) is 5.10 Å². The van der Waals surface area contributed by atoms with Crippen LogP contribution in [0.3, 0.4) is 0 Å². The van der Waals surface area contributed by atoms with Crippen LogP contribution in [0.1, 0.15) is 0 Å².